The predicted octanol–water partition coefficient (Wildman–Crippen LogP) is 2.28. The van der Waals surface area contributed by atoms with Gasteiger partial charge in [0.15, 0.2) is 0 Å². The molecule has 0 aliphatic heterocycles. The molecule has 1 heterocycles. The van der Waals surface area contributed by atoms with Gasteiger partial charge in [-0.05, 0) is 32.0 Å². The Hall–Kier alpha value is -2.14. The molecule has 0 aliphatic rings. The van der Waals surface area contributed by atoms with Crippen molar-refractivity contribution in [1.82, 2.24) is 9.97 Å². The highest BCUT2D eigenvalue weighted by atomic mass is 16.5. The molecule has 0 spiro atoms. The molecule has 0 radical (unpaired) electrons. The number of anilines is 2. The predicted molar refractivity (Wildman–Crippen MR) is 80.4 cm³/mol. The summed E-state index contributed by atoms with van der Waals surface area (Å²) in [6.07, 6.45) is 2.57. The second-order valence-corrected chi connectivity index (χ2v) is 4.53. The van der Waals surface area contributed by atoms with Gasteiger partial charge in [-0.3, -0.25) is 0 Å². The van der Waals surface area contributed by atoms with Gasteiger partial charge in [-0.15, -0.1) is 0 Å². The lowest BCUT2D eigenvalue weighted by molar-refractivity contribution is 0.397. The third-order valence-electron chi connectivity index (χ3n) is 3.00. The molecular weight excluding hydrogens is 252 g/mol. The molecule has 2 aromatic rings. The Labute approximate surface area is 119 Å². The van der Waals surface area contributed by atoms with Crippen molar-refractivity contribution in [3.8, 4) is 5.88 Å². The van der Waals surface area contributed by atoms with E-state index in [4.69, 9.17) is 10.5 Å². The largest absolute Gasteiger partial charge is 0.481 e. The fraction of sp³-hybridized carbons (Fsp3) is 0.333. The number of benzene rings is 1. The van der Waals surface area contributed by atoms with Gasteiger partial charge in [0.1, 0.15) is 0 Å². The highest BCUT2D eigenvalue weighted by molar-refractivity contribution is 5.57. The van der Waals surface area contributed by atoms with E-state index >= 15 is 0 Å². The van der Waals surface area contributed by atoms with Crippen molar-refractivity contribution < 1.29 is 4.74 Å². The fourth-order valence-corrected chi connectivity index (χ4v) is 1.89. The van der Waals surface area contributed by atoms with E-state index in [0.29, 0.717) is 18.4 Å². The lowest BCUT2D eigenvalue weighted by Gasteiger charge is -2.22. The zero-order valence-electron chi connectivity index (χ0n) is 11.9. The lowest BCUT2D eigenvalue weighted by Crippen LogP contribution is -2.23. The maximum Gasteiger partial charge on any atom is 0.233 e. The van der Waals surface area contributed by atoms with Gasteiger partial charge in [0.2, 0.25) is 11.8 Å². The first kappa shape index (κ1) is 14.3. The van der Waals surface area contributed by atoms with E-state index in [1.165, 1.54) is 5.56 Å². The number of methoxy groups -OCH3 is 1. The Kier molecular flexibility index (Phi) is 4.90. The van der Waals surface area contributed by atoms with E-state index in [1.807, 2.05) is 0 Å². The van der Waals surface area contributed by atoms with Crippen LogP contribution in [0.25, 0.3) is 0 Å². The van der Waals surface area contributed by atoms with Gasteiger partial charge in [0, 0.05) is 24.5 Å². The summed E-state index contributed by atoms with van der Waals surface area (Å²) < 4.78 is 5.16. The Morgan fingerprint density at radius 1 is 1.20 bits per heavy atom. The molecule has 2 rings (SSSR count). The molecule has 0 saturated heterocycles. The Morgan fingerprint density at radius 2 is 1.95 bits per heavy atom. The van der Waals surface area contributed by atoms with Crippen molar-refractivity contribution in [2.75, 3.05) is 25.1 Å². The zero-order chi connectivity index (χ0) is 14.4. The minimum atomic E-state index is 0.555. The molecule has 2 N–H and O–H groups in total. The molecule has 5 heteroatoms. The van der Waals surface area contributed by atoms with Gasteiger partial charge in [-0.2, -0.15) is 4.98 Å². The van der Waals surface area contributed by atoms with E-state index in [0.717, 1.165) is 18.7 Å². The number of rotatable bonds is 6. The van der Waals surface area contributed by atoms with E-state index in [-0.39, 0.29) is 0 Å². The van der Waals surface area contributed by atoms with Crippen molar-refractivity contribution in [3.63, 3.8) is 0 Å². The maximum atomic E-state index is 5.62. The summed E-state index contributed by atoms with van der Waals surface area (Å²) in [6, 6.07) is 10.0. The van der Waals surface area contributed by atoms with Crippen molar-refractivity contribution in [3.05, 3.63) is 42.1 Å². The van der Waals surface area contributed by atoms with Crippen LogP contribution >= 0.6 is 0 Å². The molecule has 0 unspecified atom stereocenters. The molecule has 0 aliphatic carbocycles. The molecule has 0 bridgehead atoms. The fourth-order valence-electron chi connectivity index (χ4n) is 1.89. The molecule has 0 saturated carbocycles. The minimum absolute atomic E-state index is 0.555. The third-order valence-corrected chi connectivity index (χ3v) is 3.00. The van der Waals surface area contributed by atoms with Crippen molar-refractivity contribution in [2.24, 2.45) is 5.73 Å². The topological polar surface area (TPSA) is 64.3 Å². The lowest BCUT2D eigenvalue weighted by atomic mass is 10.2. The first-order chi connectivity index (χ1) is 9.74. The molecule has 106 valence electrons. The highest BCUT2D eigenvalue weighted by Gasteiger charge is 2.12. The quantitative estimate of drug-likeness (QED) is 0.874. The summed E-state index contributed by atoms with van der Waals surface area (Å²) >= 11 is 0. The molecule has 20 heavy (non-hydrogen) atoms. The summed E-state index contributed by atoms with van der Waals surface area (Å²) in [5, 5.41) is 0. The number of hydrogen-bond donors (Lipinski definition) is 1. The van der Waals surface area contributed by atoms with Gasteiger partial charge >= 0.3 is 0 Å². The number of aromatic nitrogens is 2. The Morgan fingerprint density at radius 3 is 2.60 bits per heavy atom. The van der Waals surface area contributed by atoms with Crippen LogP contribution in [0.1, 0.15) is 12.0 Å². The number of aryl methyl sites for hydroxylation is 1. The molecule has 1 aromatic carbocycles. The van der Waals surface area contributed by atoms with Gasteiger partial charge in [0.25, 0.3) is 0 Å². The van der Waals surface area contributed by atoms with Gasteiger partial charge < -0.3 is 15.4 Å². The molecule has 5 nitrogen and oxygen atoms in total. The van der Waals surface area contributed by atoms with E-state index < -0.39 is 0 Å². The molecule has 0 fully saturated rings. The monoisotopic (exact) mass is 272 g/mol. The molecule has 0 atom stereocenters. The van der Waals surface area contributed by atoms with E-state index in [1.54, 1.807) is 19.4 Å². The summed E-state index contributed by atoms with van der Waals surface area (Å²) in [4.78, 5) is 10.8. The summed E-state index contributed by atoms with van der Waals surface area (Å²) in [5.74, 6) is 1.18. The first-order valence-electron chi connectivity index (χ1n) is 6.66. The Balaban J connectivity index is 2.32. The van der Waals surface area contributed by atoms with E-state index in [2.05, 4.69) is 46.1 Å². The smallest absolute Gasteiger partial charge is 0.233 e. The van der Waals surface area contributed by atoms with Crippen LogP contribution in [-0.4, -0.2) is 30.2 Å². The van der Waals surface area contributed by atoms with Crippen LogP contribution in [0, 0.1) is 6.92 Å². The minimum Gasteiger partial charge on any atom is -0.481 e. The van der Waals surface area contributed by atoms with Crippen LogP contribution in [0.2, 0.25) is 0 Å². The summed E-state index contributed by atoms with van der Waals surface area (Å²) in [7, 11) is 1.60. The second kappa shape index (κ2) is 6.86. The van der Waals surface area contributed by atoms with Gasteiger partial charge in [0.05, 0.1) is 7.11 Å². The molecular formula is C15H20N4O. The van der Waals surface area contributed by atoms with Crippen LogP contribution in [0.3, 0.4) is 0 Å². The molecule has 1 aromatic heterocycles. The van der Waals surface area contributed by atoms with Gasteiger partial charge in [-0.1, -0.05) is 17.7 Å². The standard InChI is InChI=1S/C15H20N4O/c1-12-4-6-13(7-5-12)19(11-3-9-16)15-17-10-8-14(18-15)20-2/h4-8,10H,3,9,11,16H2,1-2H3. The van der Waals surface area contributed by atoms with Crippen molar-refractivity contribution >= 4 is 11.6 Å². The first-order valence-corrected chi connectivity index (χ1v) is 6.66. The number of nitrogens with two attached hydrogens (primary N) is 1. The van der Waals surface area contributed by atoms with Crippen LogP contribution in [0.15, 0.2) is 36.5 Å². The summed E-state index contributed by atoms with van der Waals surface area (Å²) in [5.41, 5.74) is 7.90. The number of hydrogen-bond acceptors (Lipinski definition) is 5. The number of ether oxygens (including phenoxy) is 1. The third kappa shape index (κ3) is 3.45. The Bertz CT molecular complexity index is 542. The average molecular weight is 272 g/mol. The second-order valence-electron chi connectivity index (χ2n) is 4.53. The van der Waals surface area contributed by atoms with Crippen LogP contribution in [0.4, 0.5) is 11.6 Å². The van der Waals surface area contributed by atoms with Gasteiger partial charge in [-0.25, -0.2) is 4.98 Å². The van der Waals surface area contributed by atoms with Crippen LogP contribution in [-0.2, 0) is 0 Å². The molecule has 0 amide bonds. The van der Waals surface area contributed by atoms with Crippen LogP contribution in [0.5, 0.6) is 5.88 Å². The average Bonchev–Trinajstić information content (AvgIpc) is 2.49. The highest BCUT2D eigenvalue weighted by Crippen LogP contribution is 2.23. The van der Waals surface area contributed by atoms with Crippen molar-refractivity contribution in [1.29, 1.82) is 0 Å². The normalized spacial score (nSPS) is 10.3. The van der Waals surface area contributed by atoms with E-state index in [9.17, 15) is 0 Å². The SMILES string of the molecule is COc1ccnc(N(CCCN)c2ccc(C)cc2)n1. The van der Waals surface area contributed by atoms with Crippen molar-refractivity contribution in [2.45, 2.75) is 13.3 Å². The van der Waals surface area contributed by atoms with Crippen LogP contribution < -0.4 is 15.4 Å². The number of nitrogens with zero attached hydrogens (tertiary/aromatic N) is 3. The summed E-state index contributed by atoms with van der Waals surface area (Å²) in [6.45, 7) is 3.47. The zero-order valence-corrected chi connectivity index (χ0v) is 11.9. The maximum absolute atomic E-state index is 5.62.